The van der Waals surface area contributed by atoms with E-state index in [1.54, 1.807) is 31.2 Å². The van der Waals surface area contributed by atoms with Gasteiger partial charge in [0.05, 0.1) is 18.1 Å². The first kappa shape index (κ1) is 15.8. The molecule has 0 saturated carbocycles. The first-order valence-corrected chi connectivity index (χ1v) is 6.83. The summed E-state index contributed by atoms with van der Waals surface area (Å²) in [5, 5.41) is 11.9. The maximum atomic E-state index is 12.1. The van der Waals surface area contributed by atoms with Crippen LogP contribution in [0.15, 0.2) is 24.3 Å². The molecule has 1 saturated heterocycles. The fourth-order valence-electron chi connectivity index (χ4n) is 2.32. The highest BCUT2D eigenvalue weighted by atomic mass is 16.5. The Bertz CT molecular complexity index is 598. The molecule has 0 radical (unpaired) electrons. The number of nitrogens with one attached hydrogen (secondary N) is 1. The molecule has 7 nitrogen and oxygen atoms in total. The number of ether oxygens (including phenoxy) is 1. The molecule has 1 aromatic rings. The number of hydrogen-bond donors (Lipinski definition) is 2. The molecule has 1 fully saturated rings. The molecular weight excluding hydrogens is 288 g/mol. The Balaban J connectivity index is 1.98. The van der Waals surface area contributed by atoms with Gasteiger partial charge in [0.15, 0.2) is 0 Å². The number of likely N-dealkylation sites (tertiary alicyclic amines) is 1. The lowest BCUT2D eigenvalue weighted by atomic mass is 9.90. The van der Waals surface area contributed by atoms with Crippen LogP contribution < -0.4 is 5.32 Å². The van der Waals surface area contributed by atoms with Gasteiger partial charge in [-0.25, -0.2) is 9.59 Å². The lowest BCUT2D eigenvalue weighted by molar-refractivity contribution is -0.146. The fourth-order valence-corrected chi connectivity index (χ4v) is 2.32. The summed E-state index contributed by atoms with van der Waals surface area (Å²) in [5.41, 5.74) is 0.0215. The molecule has 7 heteroatoms. The normalized spacial score (nSPS) is 20.5. The SMILES string of the molecule is COC(=O)c1ccc(NC(=O)N2CCC(C)(C(=O)O)C2)cc1. The number of urea groups is 1. The molecule has 1 aliphatic rings. The third kappa shape index (κ3) is 3.19. The standard InChI is InChI=1S/C15H18N2O5/c1-15(13(19)20)7-8-17(9-15)14(21)16-11-5-3-10(4-6-11)12(18)22-2/h3-6H,7-9H2,1-2H3,(H,16,21)(H,19,20). The minimum absolute atomic E-state index is 0.175. The number of carbonyl (C=O) groups excluding carboxylic acids is 2. The van der Waals surface area contributed by atoms with Crippen LogP contribution >= 0.6 is 0 Å². The van der Waals surface area contributed by atoms with E-state index in [4.69, 9.17) is 5.11 Å². The Morgan fingerprint density at radius 2 is 1.91 bits per heavy atom. The lowest BCUT2D eigenvalue weighted by Gasteiger charge is -2.20. The first-order chi connectivity index (χ1) is 10.4. The number of nitrogens with zero attached hydrogens (tertiary/aromatic N) is 1. The highest BCUT2D eigenvalue weighted by Gasteiger charge is 2.42. The van der Waals surface area contributed by atoms with Crippen LogP contribution in [0.5, 0.6) is 0 Å². The van der Waals surface area contributed by atoms with Crippen molar-refractivity contribution in [1.29, 1.82) is 0 Å². The van der Waals surface area contributed by atoms with Gasteiger partial charge in [-0.1, -0.05) is 0 Å². The fraction of sp³-hybridized carbons (Fsp3) is 0.400. The number of esters is 1. The van der Waals surface area contributed by atoms with E-state index in [1.165, 1.54) is 12.0 Å². The van der Waals surface area contributed by atoms with Gasteiger partial charge in [0, 0.05) is 18.8 Å². The number of methoxy groups -OCH3 is 1. The molecule has 1 aliphatic heterocycles. The van der Waals surface area contributed by atoms with Gasteiger partial charge in [-0.05, 0) is 37.6 Å². The Morgan fingerprint density at radius 1 is 1.27 bits per heavy atom. The van der Waals surface area contributed by atoms with Crippen molar-refractivity contribution in [3.8, 4) is 0 Å². The summed E-state index contributed by atoms with van der Waals surface area (Å²) in [7, 11) is 1.30. The van der Waals surface area contributed by atoms with Gasteiger partial charge in [-0.15, -0.1) is 0 Å². The topological polar surface area (TPSA) is 95.9 Å². The predicted octanol–water partition coefficient (Wildman–Crippen LogP) is 1.80. The van der Waals surface area contributed by atoms with E-state index < -0.39 is 17.4 Å². The van der Waals surface area contributed by atoms with Crippen LogP contribution in [0.1, 0.15) is 23.7 Å². The molecule has 1 atom stereocenters. The number of carboxylic acid groups (broad SMARTS) is 1. The van der Waals surface area contributed by atoms with Crippen LogP contribution in [0.2, 0.25) is 0 Å². The van der Waals surface area contributed by atoms with Crippen molar-refractivity contribution in [3.63, 3.8) is 0 Å². The molecule has 118 valence electrons. The Hall–Kier alpha value is -2.57. The van der Waals surface area contributed by atoms with E-state index in [1.807, 2.05) is 0 Å². The van der Waals surface area contributed by atoms with Gasteiger partial charge < -0.3 is 20.1 Å². The Kier molecular flexibility index (Phi) is 4.35. The molecular formula is C15H18N2O5. The summed E-state index contributed by atoms with van der Waals surface area (Å²) in [6, 6.07) is 5.93. The highest BCUT2D eigenvalue weighted by Crippen LogP contribution is 2.30. The zero-order valence-corrected chi connectivity index (χ0v) is 12.5. The zero-order valence-electron chi connectivity index (χ0n) is 12.5. The van der Waals surface area contributed by atoms with Crippen LogP contribution in [-0.4, -0.2) is 48.2 Å². The minimum atomic E-state index is -0.898. The van der Waals surface area contributed by atoms with Crippen LogP contribution in [-0.2, 0) is 9.53 Å². The van der Waals surface area contributed by atoms with E-state index >= 15 is 0 Å². The third-order valence-electron chi connectivity index (χ3n) is 3.83. The first-order valence-electron chi connectivity index (χ1n) is 6.83. The average Bonchev–Trinajstić information content (AvgIpc) is 2.91. The number of hydrogen-bond acceptors (Lipinski definition) is 4. The zero-order chi connectivity index (χ0) is 16.3. The van der Waals surface area contributed by atoms with Gasteiger partial charge >= 0.3 is 18.0 Å². The van der Waals surface area contributed by atoms with Crippen molar-refractivity contribution >= 4 is 23.7 Å². The van der Waals surface area contributed by atoms with Crippen LogP contribution in [0.4, 0.5) is 10.5 Å². The highest BCUT2D eigenvalue weighted by molar-refractivity contribution is 5.92. The summed E-state index contributed by atoms with van der Waals surface area (Å²) in [4.78, 5) is 36.1. The van der Waals surface area contributed by atoms with Gasteiger partial charge in [-0.3, -0.25) is 4.79 Å². The van der Waals surface area contributed by atoms with Gasteiger partial charge in [-0.2, -0.15) is 0 Å². The quantitative estimate of drug-likeness (QED) is 0.830. The molecule has 0 aromatic heterocycles. The number of benzene rings is 1. The molecule has 2 amide bonds. The molecule has 0 aliphatic carbocycles. The van der Waals surface area contributed by atoms with Crippen molar-refractivity contribution in [2.45, 2.75) is 13.3 Å². The van der Waals surface area contributed by atoms with E-state index in [2.05, 4.69) is 10.1 Å². The third-order valence-corrected chi connectivity index (χ3v) is 3.83. The van der Waals surface area contributed by atoms with E-state index in [9.17, 15) is 14.4 Å². The summed E-state index contributed by atoms with van der Waals surface area (Å²) >= 11 is 0. The van der Waals surface area contributed by atoms with E-state index in [0.29, 0.717) is 24.2 Å². The monoisotopic (exact) mass is 306 g/mol. The second kappa shape index (κ2) is 6.05. The molecule has 0 spiro atoms. The van der Waals surface area contributed by atoms with Crippen molar-refractivity contribution in [2.75, 3.05) is 25.5 Å². The number of aliphatic carboxylic acids is 1. The summed E-state index contributed by atoms with van der Waals surface area (Å²) in [6.07, 6.45) is 0.428. The predicted molar refractivity (Wildman–Crippen MR) is 78.7 cm³/mol. The molecule has 1 unspecified atom stereocenters. The Morgan fingerprint density at radius 3 is 2.41 bits per heavy atom. The van der Waals surface area contributed by atoms with Crippen molar-refractivity contribution in [3.05, 3.63) is 29.8 Å². The number of anilines is 1. The van der Waals surface area contributed by atoms with E-state index in [0.717, 1.165) is 0 Å². The molecule has 1 heterocycles. The minimum Gasteiger partial charge on any atom is -0.481 e. The summed E-state index contributed by atoms with van der Waals surface area (Å²) < 4.78 is 4.59. The second-order valence-corrected chi connectivity index (χ2v) is 5.54. The summed E-state index contributed by atoms with van der Waals surface area (Å²) in [6.45, 7) is 2.21. The largest absolute Gasteiger partial charge is 0.481 e. The lowest BCUT2D eigenvalue weighted by Crippen LogP contribution is -2.37. The maximum Gasteiger partial charge on any atom is 0.337 e. The van der Waals surface area contributed by atoms with Crippen LogP contribution in [0.25, 0.3) is 0 Å². The number of amides is 2. The van der Waals surface area contributed by atoms with Gasteiger partial charge in [0.25, 0.3) is 0 Å². The average molecular weight is 306 g/mol. The maximum absolute atomic E-state index is 12.1. The number of carbonyl (C=O) groups is 3. The molecule has 2 rings (SSSR count). The molecule has 2 N–H and O–H groups in total. The van der Waals surface area contributed by atoms with Gasteiger partial charge in [0.2, 0.25) is 0 Å². The van der Waals surface area contributed by atoms with Crippen LogP contribution in [0, 0.1) is 5.41 Å². The number of rotatable bonds is 3. The van der Waals surface area contributed by atoms with Gasteiger partial charge in [0.1, 0.15) is 0 Å². The Labute approximate surface area is 127 Å². The van der Waals surface area contributed by atoms with Crippen molar-refractivity contribution in [1.82, 2.24) is 4.90 Å². The van der Waals surface area contributed by atoms with E-state index in [-0.39, 0.29) is 12.6 Å². The van der Waals surface area contributed by atoms with Crippen molar-refractivity contribution in [2.24, 2.45) is 5.41 Å². The summed E-state index contributed by atoms with van der Waals surface area (Å²) in [5.74, 6) is -1.35. The van der Waals surface area contributed by atoms with Crippen LogP contribution in [0.3, 0.4) is 0 Å². The molecule has 0 bridgehead atoms. The number of carboxylic acids is 1. The van der Waals surface area contributed by atoms with Crippen molar-refractivity contribution < 1.29 is 24.2 Å². The second-order valence-electron chi connectivity index (χ2n) is 5.54. The molecule has 1 aromatic carbocycles. The molecule has 22 heavy (non-hydrogen) atoms. The smallest absolute Gasteiger partial charge is 0.337 e.